The van der Waals surface area contributed by atoms with Gasteiger partial charge in [0.25, 0.3) is 0 Å². The van der Waals surface area contributed by atoms with E-state index in [2.05, 4.69) is 18.8 Å². The molecule has 1 amide bonds. The number of amides is 1. The number of hydrogen-bond acceptors (Lipinski definition) is 2. The largest absolute Gasteiger partial charge is 0.352 e. The first-order valence-corrected chi connectivity index (χ1v) is 4.34. The predicted octanol–water partition coefficient (Wildman–Crippen LogP) is 0.806. The molecule has 0 aromatic carbocycles. The van der Waals surface area contributed by atoms with Crippen LogP contribution < -0.4 is 11.1 Å². The Kier molecular flexibility index (Phi) is 6.38. The molecule has 0 fully saturated rings. The van der Waals surface area contributed by atoms with Crippen LogP contribution in [0.4, 0.5) is 0 Å². The number of nitrogens with one attached hydrogen (secondary N) is 1. The highest BCUT2D eigenvalue weighted by atomic mass is 16.1. The number of hydrogen-bond donors (Lipinski definition) is 2. The van der Waals surface area contributed by atoms with E-state index in [0.717, 1.165) is 12.8 Å². The van der Waals surface area contributed by atoms with Crippen LogP contribution in [0.2, 0.25) is 0 Å². The predicted molar refractivity (Wildman–Crippen MR) is 50.7 cm³/mol. The fourth-order valence-electron chi connectivity index (χ4n) is 1.02. The average Bonchev–Trinajstić information content (AvgIpc) is 2.04. The summed E-state index contributed by atoms with van der Waals surface area (Å²) < 4.78 is 0. The lowest BCUT2D eigenvalue weighted by molar-refractivity contribution is -0.120. The van der Waals surface area contributed by atoms with E-state index < -0.39 is 0 Å². The number of rotatable bonds is 6. The molecule has 1 atom stereocenters. The molecule has 0 saturated carbocycles. The van der Waals surface area contributed by atoms with Gasteiger partial charge < -0.3 is 11.1 Å². The fraction of sp³-hybridized carbons (Fsp3) is 0.667. The zero-order valence-electron chi connectivity index (χ0n) is 7.68. The Hall–Kier alpha value is -0.830. The monoisotopic (exact) mass is 170 g/mol. The fourth-order valence-corrected chi connectivity index (χ4v) is 1.02. The van der Waals surface area contributed by atoms with Crippen molar-refractivity contribution in [2.45, 2.75) is 32.2 Å². The van der Waals surface area contributed by atoms with Crippen molar-refractivity contribution in [3.8, 4) is 0 Å². The van der Waals surface area contributed by atoms with E-state index in [0.29, 0.717) is 13.0 Å². The van der Waals surface area contributed by atoms with E-state index in [9.17, 15) is 4.79 Å². The SMILES string of the molecule is C=CCC(=O)NC(CN)CCC. The lowest BCUT2D eigenvalue weighted by atomic mass is 10.1. The van der Waals surface area contributed by atoms with Gasteiger partial charge in [-0.3, -0.25) is 4.79 Å². The zero-order valence-corrected chi connectivity index (χ0v) is 7.68. The van der Waals surface area contributed by atoms with Gasteiger partial charge in [-0.2, -0.15) is 0 Å². The molecule has 0 saturated heterocycles. The van der Waals surface area contributed by atoms with Gasteiger partial charge in [-0.25, -0.2) is 0 Å². The molecule has 0 aliphatic carbocycles. The Bertz CT molecular complexity index is 145. The van der Waals surface area contributed by atoms with Crippen LogP contribution in [0.1, 0.15) is 26.2 Å². The lowest BCUT2D eigenvalue weighted by Gasteiger charge is -2.14. The molecule has 0 bridgehead atoms. The highest BCUT2D eigenvalue weighted by Gasteiger charge is 2.07. The van der Waals surface area contributed by atoms with Crippen molar-refractivity contribution < 1.29 is 4.79 Å². The van der Waals surface area contributed by atoms with Crippen molar-refractivity contribution in [1.82, 2.24) is 5.32 Å². The van der Waals surface area contributed by atoms with Gasteiger partial charge in [0, 0.05) is 19.0 Å². The first-order valence-electron chi connectivity index (χ1n) is 4.34. The highest BCUT2D eigenvalue weighted by Crippen LogP contribution is 1.95. The average molecular weight is 170 g/mol. The first kappa shape index (κ1) is 11.2. The van der Waals surface area contributed by atoms with E-state index in [1.165, 1.54) is 0 Å². The van der Waals surface area contributed by atoms with Crippen molar-refractivity contribution in [2.75, 3.05) is 6.54 Å². The second kappa shape index (κ2) is 6.85. The van der Waals surface area contributed by atoms with Gasteiger partial charge in [-0.1, -0.05) is 19.4 Å². The van der Waals surface area contributed by atoms with Crippen molar-refractivity contribution in [2.24, 2.45) is 5.73 Å². The minimum Gasteiger partial charge on any atom is -0.352 e. The highest BCUT2D eigenvalue weighted by molar-refractivity contribution is 5.77. The van der Waals surface area contributed by atoms with Gasteiger partial charge >= 0.3 is 0 Å². The van der Waals surface area contributed by atoms with Crippen LogP contribution in [-0.2, 0) is 4.79 Å². The molecule has 0 aromatic heterocycles. The minimum atomic E-state index is 0.00824. The summed E-state index contributed by atoms with van der Waals surface area (Å²) in [6, 6.07) is 0.127. The Balaban J connectivity index is 3.68. The summed E-state index contributed by atoms with van der Waals surface area (Å²) in [4.78, 5) is 11.0. The second-order valence-corrected chi connectivity index (χ2v) is 2.78. The molecule has 3 heteroatoms. The maximum Gasteiger partial charge on any atom is 0.224 e. The Morgan fingerprint density at radius 1 is 1.75 bits per heavy atom. The summed E-state index contributed by atoms with van der Waals surface area (Å²) in [5.74, 6) is 0.00824. The maximum absolute atomic E-state index is 11.0. The molecule has 0 aliphatic heterocycles. The summed E-state index contributed by atoms with van der Waals surface area (Å²) in [5, 5.41) is 2.83. The third-order valence-electron chi connectivity index (χ3n) is 1.62. The molecule has 0 rings (SSSR count). The van der Waals surface area contributed by atoms with Crippen molar-refractivity contribution >= 4 is 5.91 Å². The third kappa shape index (κ3) is 4.91. The Morgan fingerprint density at radius 2 is 2.42 bits per heavy atom. The van der Waals surface area contributed by atoms with E-state index in [4.69, 9.17) is 5.73 Å². The smallest absolute Gasteiger partial charge is 0.224 e. The van der Waals surface area contributed by atoms with Crippen LogP contribution >= 0.6 is 0 Å². The second-order valence-electron chi connectivity index (χ2n) is 2.78. The van der Waals surface area contributed by atoms with E-state index >= 15 is 0 Å². The summed E-state index contributed by atoms with van der Waals surface area (Å²) in [6.45, 7) is 6.07. The molecule has 0 radical (unpaired) electrons. The Morgan fingerprint density at radius 3 is 2.83 bits per heavy atom. The summed E-state index contributed by atoms with van der Waals surface area (Å²) in [5.41, 5.74) is 5.46. The summed E-state index contributed by atoms with van der Waals surface area (Å²) in [7, 11) is 0. The molecular weight excluding hydrogens is 152 g/mol. The molecule has 0 aliphatic rings. The number of carbonyl (C=O) groups excluding carboxylic acids is 1. The Labute approximate surface area is 74.0 Å². The van der Waals surface area contributed by atoms with E-state index in [1.807, 2.05) is 0 Å². The quantitative estimate of drug-likeness (QED) is 0.579. The molecule has 3 N–H and O–H groups in total. The molecule has 0 spiro atoms. The first-order chi connectivity index (χ1) is 5.74. The summed E-state index contributed by atoms with van der Waals surface area (Å²) in [6.07, 6.45) is 3.95. The molecule has 70 valence electrons. The summed E-state index contributed by atoms with van der Waals surface area (Å²) >= 11 is 0. The standard InChI is InChI=1S/C9H18N2O/c1-3-5-8(7-10)11-9(12)6-4-2/h4,8H,2-3,5-7,10H2,1H3,(H,11,12). The molecule has 1 unspecified atom stereocenters. The number of nitrogens with two attached hydrogens (primary N) is 1. The van der Waals surface area contributed by atoms with Crippen LogP contribution in [0.15, 0.2) is 12.7 Å². The van der Waals surface area contributed by atoms with Gasteiger partial charge in [-0.15, -0.1) is 6.58 Å². The zero-order chi connectivity index (χ0) is 9.40. The topological polar surface area (TPSA) is 55.1 Å². The van der Waals surface area contributed by atoms with Gasteiger partial charge in [0.2, 0.25) is 5.91 Å². The van der Waals surface area contributed by atoms with Crippen LogP contribution in [0, 0.1) is 0 Å². The molecule has 3 nitrogen and oxygen atoms in total. The normalized spacial score (nSPS) is 12.2. The number of carbonyl (C=O) groups is 1. The maximum atomic E-state index is 11.0. The van der Waals surface area contributed by atoms with E-state index in [1.54, 1.807) is 6.08 Å². The molecule has 0 aromatic rings. The lowest BCUT2D eigenvalue weighted by Crippen LogP contribution is -2.39. The van der Waals surface area contributed by atoms with Crippen molar-refractivity contribution in [3.05, 3.63) is 12.7 Å². The van der Waals surface area contributed by atoms with Crippen LogP contribution in [-0.4, -0.2) is 18.5 Å². The van der Waals surface area contributed by atoms with Crippen molar-refractivity contribution in [1.29, 1.82) is 0 Å². The van der Waals surface area contributed by atoms with Gasteiger partial charge in [0.15, 0.2) is 0 Å². The van der Waals surface area contributed by atoms with E-state index in [-0.39, 0.29) is 11.9 Å². The van der Waals surface area contributed by atoms with Crippen LogP contribution in [0.5, 0.6) is 0 Å². The molecular formula is C9H18N2O. The van der Waals surface area contributed by atoms with Gasteiger partial charge in [-0.05, 0) is 6.42 Å². The third-order valence-corrected chi connectivity index (χ3v) is 1.62. The minimum absolute atomic E-state index is 0.00824. The van der Waals surface area contributed by atoms with Crippen LogP contribution in [0.25, 0.3) is 0 Å². The van der Waals surface area contributed by atoms with Gasteiger partial charge in [0.05, 0.1) is 0 Å². The van der Waals surface area contributed by atoms with Crippen molar-refractivity contribution in [3.63, 3.8) is 0 Å². The molecule has 0 heterocycles. The van der Waals surface area contributed by atoms with Crippen LogP contribution in [0.3, 0.4) is 0 Å². The van der Waals surface area contributed by atoms with Gasteiger partial charge in [0.1, 0.15) is 0 Å². The molecule has 12 heavy (non-hydrogen) atoms.